The first-order valence-electron chi connectivity index (χ1n) is 6.30. The molecule has 1 rings (SSSR count). The van der Waals surface area contributed by atoms with E-state index in [0.717, 1.165) is 0 Å². The second-order valence-electron chi connectivity index (χ2n) is 4.48. The molecule has 2 unspecified atom stereocenters. The molecule has 0 fully saturated rings. The zero-order chi connectivity index (χ0) is 15.1. The predicted molar refractivity (Wildman–Crippen MR) is 82.1 cm³/mol. The van der Waals surface area contributed by atoms with Crippen LogP contribution in [0, 0.1) is 0 Å². The number of carbonyl (C=O) groups is 2. The third-order valence-electron chi connectivity index (χ3n) is 2.87. The molecule has 0 radical (unpaired) electrons. The molecule has 0 saturated carbocycles. The lowest BCUT2D eigenvalue weighted by Crippen LogP contribution is -2.41. The fourth-order valence-electron chi connectivity index (χ4n) is 1.73. The summed E-state index contributed by atoms with van der Waals surface area (Å²) in [4.78, 5) is 22.9. The van der Waals surface area contributed by atoms with Crippen LogP contribution in [0.5, 0.6) is 0 Å². The summed E-state index contributed by atoms with van der Waals surface area (Å²) in [5.74, 6) is -0.346. The highest BCUT2D eigenvalue weighted by Gasteiger charge is 2.18. The molecule has 2 atom stereocenters. The molecule has 0 spiro atoms. The van der Waals surface area contributed by atoms with Gasteiger partial charge in [-0.25, -0.2) is 0 Å². The van der Waals surface area contributed by atoms with Gasteiger partial charge in [0, 0.05) is 29.5 Å². The predicted octanol–water partition coefficient (Wildman–Crippen LogP) is 1.49. The van der Waals surface area contributed by atoms with Crippen molar-refractivity contribution in [1.82, 2.24) is 5.32 Å². The van der Waals surface area contributed by atoms with Gasteiger partial charge in [-0.1, -0.05) is 0 Å². The fraction of sp³-hybridized carbons (Fsp3) is 0.429. The molecule has 1 aromatic rings. The first kappa shape index (κ1) is 16.5. The van der Waals surface area contributed by atoms with Crippen molar-refractivity contribution in [2.45, 2.75) is 25.1 Å². The number of aliphatic hydroxyl groups excluding tert-OH is 1. The smallest absolute Gasteiger partial charge is 0.251 e. The molecule has 0 heterocycles. The first-order chi connectivity index (χ1) is 9.47. The van der Waals surface area contributed by atoms with Gasteiger partial charge >= 0.3 is 0 Å². The first-order valence-corrected chi connectivity index (χ1v) is 7.59. The van der Waals surface area contributed by atoms with E-state index in [-0.39, 0.29) is 29.7 Å². The molecule has 110 valence electrons. The van der Waals surface area contributed by atoms with Gasteiger partial charge in [-0.15, -0.1) is 0 Å². The van der Waals surface area contributed by atoms with Crippen LogP contribution < -0.4 is 10.6 Å². The summed E-state index contributed by atoms with van der Waals surface area (Å²) in [6.45, 7) is 3.31. The average Bonchev–Trinajstić information content (AvgIpc) is 2.40. The SMILES string of the molecule is CSC(CO)C(C)NC(=O)c1ccc(NC(C)=O)cc1. The van der Waals surface area contributed by atoms with E-state index < -0.39 is 0 Å². The Labute approximate surface area is 123 Å². The van der Waals surface area contributed by atoms with Crippen molar-refractivity contribution in [3.8, 4) is 0 Å². The van der Waals surface area contributed by atoms with Crippen LogP contribution in [0.3, 0.4) is 0 Å². The van der Waals surface area contributed by atoms with Crippen LogP contribution in [-0.4, -0.2) is 41.1 Å². The highest BCUT2D eigenvalue weighted by Crippen LogP contribution is 2.13. The standard InChI is InChI=1S/C14H20N2O3S/c1-9(13(8-17)20-3)15-14(19)11-4-6-12(7-5-11)16-10(2)18/h4-7,9,13,17H,8H2,1-3H3,(H,15,19)(H,16,18). The number of anilines is 1. The molecule has 0 aromatic heterocycles. The van der Waals surface area contributed by atoms with Gasteiger partial charge in [-0.05, 0) is 37.4 Å². The van der Waals surface area contributed by atoms with E-state index in [9.17, 15) is 14.7 Å². The van der Waals surface area contributed by atoms with Crippen molar-refractivity contribution >= 4 is 29.3 Å². The van der Waals surface area contributed by atoms with Crippen LogP contribution >= 0.6 is 11.8 Å². The van der Waals surface area contributed by atoms with Gasteiger partial charge in [-0.3, -0.25) is 9.59 Å². The molecule has 0 bridgehead atoms. The normalized spacial score (nSPS) is 13.4. The molecule has 6 heteroatoms. The highest BCUT2D eigenvalue weighted by molar-refractivity contribution is 7.99. The van der Waals surface area contributed by atoms with E-state index in [1.807, 2.05) is 13.2 Å². The maximum atomic E-state index is 12.0. The summed E-state index contributed by atoms with van der Waals surface area (Å²) in [6, 6.07) is 6.54. The van der Waals surface area contributed by atoms with Gasteiger partial charge < -0.3 is 15.7 Å². The molecule has 3 N–H and O–H groups in total. The van der Waals surface area contributed by atoms with E-state index in [1.54, 1.807) is 24.3 Å². The maximum Gasteiger partial charge on any atom is 0.251 e. The molecule has 0 aliphatic heterocycles. The van der Waals surface area contributed by atoms with Crippen molar-refractivity contribution in [3.05, 3.63) is 29.8 Å². The Morgan fingerprint density at radius 3 is 2.35 bits per heavy atom. The van der Waals surface area contributed by atoms with E-state index in [2.05, 4.69) is 10.6 Å². The minimum Gasteiger partial charge on any atom is -0.395 e. The molecule has 1 aromatic carbocycles. The average molecular weight is 296 g/mol. The Balaban J connectivity index is 2.66. The van der Waals surface area contributed by atoms with Gasteiger partial charge in [0.05, 0.1) is 6.61 Å². The largest absolute Gasteiger partial charge is 0.395 e. The summed E-state index contributed by atoms with van der Waals surface area (Å²) < 4.78 is 0. The summed E-state index contributed by atoms with van der Waals surface area (Å²) >= 11 is 1.51. The minimum atomic E-state index is -0.195. The van der Waals surface area contributed by atoms with Crippen molar-refractivity contribution < 1.29 is 14.7 Å². The molecule has 5 nitrogen and oxygen atoms in total. The van der Waals surface area contributed by atoms with Gasteiger partial charge in [-0.2, -0.15) is 11.8 Å². The van der Waals surface area contributed by atoms with Crippen LogP contribution in [0.25, 0.3) is 0 Å². The number of thioether (sulfide) groups is 1. The third-order valence-corrected chi connectivity index (χ3v) is 4.03. The number of aliphatic hydroxyl groups is 1. The molecular weight excluding hydrogens is 276 g/mol. The number of nitrogens with one attached hydrogen (secondary N) is 2. The maximum absolute atomic E-state index is 12.0. The zero-order valence-corrected chi connectivity index (χ0v) is 12.7. The summed E-state index contributed by atoms with van der Waals surface area (Å²) in [5.41, 5.74) is 1.17. The van der Waals surface area contributed by atoms with E-state index in [0.29, 0.717) is 11.3 Å². The number of amides is 2. The Bertz CT molecular complexity index is 458. The lowest BCUT2D eigenvalue weighted by molar-refractivity contribution is -0.114. The number of hydrogen-bond acceptors (Lipinski definition) is 4. The lowest BCUT2D eigenvalue weighted by atomic mass is 10.1. The highest BCUT2D eigenvalue weighted by atomic mass is 32.2. The van der Waals surface area contributed by atoms with Crippen molar-refractivity contribution in [3.63, 3.8) is 0 Å². The van der Waals surface area contributed by atoms with Gasteiger partial charge in [0.2, 0.25) is 5.91 Å². The van der Waals surface area contributed by atoms with E-state index in [4.69, 9.17) is 0 Å². The van der Waals surface area contributed by atoms with Gasteiger partial charge in [0.1, 0.15) is 0 Å². The summed E-state index contributed by atoms with van der Waals surface area (Å²) in [6.07, 6.45) is 1.89. The van der Waals surface area contributed by atoms with Crippen LogP contribution in [0.4, 0.5) is 5.69 Å². The quantitative estimate of drug-likeness (QED) is 0.743. The number of hydrogen-bond donors (Lipinski definition) is 3. The van der Waals surface area contributed by atoms with E-state index in [1.165, 1.54) is 18.7 Å². The second-order valence-corrected chi connectivity index (χ2v) is 5.55. The summed E-state index contributed by atoms with van der Waals surface area (Å²) in [7, 11) is 0. The molecule has 2 amide bonds. The Morgan fingerprint density at radius 2 is 1.90 bits per heavy atom. The number of benzene rings is 1. The monoisotopic (exact) mass is 296 g/mol. The lowest BCUT2D eigenvalue weighted by Gasteiger charge is -2.21. The molecule has 0 aliphatic rings. The van der Waals surface area contributed by atoms with Crippen molar-refractivity contribution in [2.75, 3.05) is 18.2 Å². The molecule has 20 heavy (non-hydrogen) atoms. The van der Waals surface area contributed by atoms with E-state index >= 15 is 0 Å². The van der Waals surface area contributed by atoms with Crippen molar-refractivity contribution in [2.24, 2.45) is 0 Å². The van der Waals surface area contributed by atoms with Crippen molar-refractivity contribution in [1.29, 1.82) is 0 Å². The van der Waals surface area contributed by atoms with Crippen LogP contribution in [0.2, 0.25) is 0 Å². The Hall–Kier alpha value is -1.53. The fourth-order valence-corrected chi connectivity index (χ4v) is 2.35. The van der Waals surface area contributed by atoms with Crippen LogP contribution in [0.15, 0.2) is 24.3 Å². The Morgan fingerprint density at radius 1 is 1.30 bits per heavy atom. The molecule has 0 saturated heterocycles. The third kappa shape index (κ3) is 4.86. The summed E-state index contributed by atoms with van der Waals surface area (Å²) in [5, 5.41) is 14.7. The molecular formula is C14H20N2O3S. The van der Waals surface area contributed by atoms with Gasteiger partial charge in [0.25, 0.3) is 5.91 Å². The van der Waals surface area contributed by atoms with Gasteiger partial charge in [0.15, 0.2) is 0 Å². The van der Waals surface area contributed by atoms with Crippen LogP contribution in [-0.2, 0) is 4.79 Å². The second kappa shape index (κ2) is 7.91. The number of carbonyl (C=O) groups excluding carboxylic acids is 2. The minimum absolute atomic E-state index is 0.0179. The van der Waals surface area contributed by atoms with Crippen LogP contribution in [0.1, 0.15) is 24.2 Å². The molecule has 0 aliphatic carbocycles. The zero-order valence-electron chi connectivity index (χ0n) is 11.8. The number of rotatable bonds is 6. The topological polar surface area (TPSA) is 78.4 Å². The Kier molecular flexibility index (Phi) is 6.54.